The highest BCUT2D eigenvalue weighted by Crippen LogP contribution is 2.32. The molecule has 1 fully saturated rings. The molecule has 2 aromatic heterocycles. The molecule has 0 atom stereocenters. The van der Waals surface area contributed by atoms with E-state index in [9.17, 15) is 8.42 Å². The third-order valence-electron chi connectivity index (χ3n) is 4.58. The lowest BCUT2D eigenvalue weighted by atomic mass is 9.87. The minimum absolute atomic E-state index is 0.218. The third kappa shape index (κ3) is 3.59. The summed E-state index contributed by atoms with van der Waals surface area (Å²) in [6, 6.07) is 2.28. The lowest BCUT2D eigenvalue weighted by Gasteiger charge is -2.30. The van der Waals surface area contributed by atoms with Crippen molar-refractivity contribution in [2.24, 2.45) is 5.92 Å². The van der Waals surface area contributed by atoms with Crippen LogP contribution in [0.4, 0.5) is 11.4 Å². The summed E-state index contributed by atoms with van der Waals surface area (Å²) in [5, 5.41) is 4.52. The SMILES string of the molecule is CNS(=O)(=O)C[C@H]1CC[C@H](Nc2c(N)cnc3[nH]ccc23)CC1. The van der Waals surface area contributed by atoms with Gasteiger partial charge in [0.2, 0.25) is 10.0 Å². The minimum atomic E-state index is -3.13. The van der Waals surface area contributed by atoms with Gasteiger partial charge >= 0.3 is 0 Å². The molecule has 0 aliphatic heterocycles. The third-order valence-corrected chi connectivity index (χ3v) is 6.11. The maximum Gasteiger partial charge on any atom is 0.211 e. The molecule has 2 aromatic rings. The van der Waals surface area contributed by atoms with Gasteiger partial charge in [0.05, 0.1) is 23.3 Å². The van der Waals surface area contributed by atoms with E-state index >= 15 is 0 Å². The standard InChI is InChI=1S/C15H23N5O2S/c1-17-23(21,22)9-10-2-4-11(5-3-10)20-14-12-6-7-18-15(12)19-8-13(14)16/h6-8,10-11,17H,2-5,9,16H2,1H3,(H2,18,19,20)/t10-,11-. The van der Waals surface area contributed by atoms with Crippen LogP contribution in [0.2, 0.25) is 0 Å². The van der Waals surface area contributed by atoms with Gasteiger partial charge in [-0.3, -0.25) is 0 Å². The lowest BCUT2D eigenvalue weighted by Crippen LogP contribution is -2.32. The molecule has 3 rings (SSSR count). The number of nitrogens with two attached hydrogens (primary N) is 1. The zero-order valence-electron chi connectivity index (χ0n) is 13.2. The van der Waals surface area contributed by atoms with Gasteiger partial charge in [-0.25, -0.2) is 18.1 Å². The fourth-order valence-corrected chi connectivity index (χ4v) is 4.38. The Morgan fingerprint density at radius 3 is 2.78 bits per heavy atom. The number of fused-ring (bicyclic) bond motifs is 1. The van der Waals surface area contributed by atoms with Crippen LogP contribution in [0, 0.1) is 5.92 Å². The molecule has 0 bridgehead atoms. The number of rotatable bonds is 5. The molecule has 1 aliphatic carbocycles. The second-order valence-corrected chi connectivity index (χ2v) is 8.15. The fraction of sp³-hybridized carbons (Fsp3) is 0.533. The maximum absolute atomic E-state index is 11.6. The molecule has 2 heterocycles. The largest absolute Gasteiger partial charge is 0.396 e. The summed E-state index contributed by atoms with van der Waals surface area (Å²) in [7, 11) is -1.66. The molecule has 126 valence electrons. The van der Waals surface area contributed by atoms with Gasteiger partial charge in [-0.15, -0.1) is 0 Å². The molecule has 7 nitrogen and oxygen atoms in total. The molecule has 0 unspecified atom stereocenters. The van der Waals surface area contributed by atoms with Crippen LogP contribution in [-0.4, -0.2) is 37.2 Å². The van der Waals surface area contributed by atoms with Crippen LogP contribution in [-0.2, 0) is 10.0 Å². The van der Waals surface area contributed by atoms with Crippen molar-refractivity contribution in [2.75, 3.05) is 23.9 Å². The van der Waals surface area contributed by atoms with Crippen molar-refractivity contribution < 1.29 is 8.42 Å². The molecule has 0 radical (unpaired) electrons. The lowest BCUT2D eigenvalue weighted by molar-refractivity contribution is 0.361. The van der Waals surface area contributed by atoms with Crippen LogP contribution >= 0.6 is 0 Å². The highest BCUT2D eigenvalue weighted by molar-refractivity contribution is 7.89. The van der Waals surface area contributed by atoms with Gasteiger partial charge in [0, 0.05) is 17.6 Å². The van der Waals surface area contributed by atoms with E-state index in [-0.39, 0.29) is 11.7 Å². The van der Waals surface area contributed by atoms with Crippen LogP contribution in [0.1, 0.15) is 25.7 Å². The number of nitrogen functional groups attached to an aromatic ring is 1. The van der Waals surface area contributed by atoms with Gasteiger partial charge in [-0.05, 0) is 44.7 Å². The number of H-pyrrole nitrogens is 1. The van der Waals surface area contributed by atoms with Crippen LogP contribution in [0.25, 0.3) is 11.0 Å². The number of hydrogen-bond donors (Lipinski definition) is 4. The average molecular weight is 337 g/mol. The summed E-state index contributed by atoms with van der Waals surface area (Å²) < 4.78 is 25.7. The molecule has 23 heavy (non-hydrogen) atoms. The molecule has 0 spiro atoms. The van der Waals surface area contributed by atoms with E-state index in [4.69, 9.17) is 5.73 Å². The first-order valence-electron chi connectivity index (χ1n) is 7.88. The molecule has 8 heteroatoms. The van der Waals surface area contributed by atoms with Gasteiger partial charge < -0.3 is 16.0 Å². The Hall–Kier alpha value is -1.80. The average Bonchev–Trinajstić information content (AvgIpc) is 3.00. The number of aromatic nitrogens is 2. The maximum atomic E-state index is 11.6. The normalized spacial score (nSPS) is 22.3. The molecule has 0 aromatic carbocycles. The monoisotopic (exact) mass is 337 g/mol. The van der Waals surface area contributed by atoms with Gasteiger partial charge in [0.15, 0.2) is 0 Å². The number of nitrogens with one attached hydrogen (secondary N) is 3. The van der Waals surface area contributed by atoms with E-state index in [1.165, 1.54) is 7.05 Å². The quantitative estimate of drug-likeness (QED) is 0.663. The number of nitrogens with zero attached hydrogens (tertiary/aromatic N) is 1. The van der Waals surface area contributed by atoms with Crippen LogP contribution < -0.4 is 15.8 Å². The van der Waals surface area contributed by atoms with E-state index in [1.54, 1.807) is 6.20 Å². The molecular weight excluding hydrogens is 314 g/mol. The van der Waals surface area contributed by atoms with Gasteiger partial charge in [0.1, 0.15) is 5.65 Å². The Balaban J connectivity index is 1.64. The minimum Gasteiger partial charge on any atom is -0.396 e. The van der Waals surface area contributed by atoms with Crippen molar-refractivity contribution in [3.05, 3.63) is 18.5 Å². The smallest absolute Gasteiger partial charge is 0.211 e. The fourth-order valence-electron chi connectivity index (χ4n) is 3.26. The Bertz CT molecular complexity index is 778. The van der Waals surface area contributed by atoms with Gasteiger partial charge in [0.25, 0.3) is 0 Å². The molecule has 0 amide bonds. The zero-order chi connectivity index (χ0) is 16.4. The summed E-state index contributed by atoms with van der Waals surface area (Å²) in [6.45, 7) is 0. The highest BCUT2D eigenvalue weighted by Gasteiger charge is 2.25. The second-order valence-electron chi connectivity index (χ2n) is 6.18. The van der Waals surface area contributed by atoms with Crippen molar-refractivity contribution in [2.45, 2.75) is 31.7 Å². The highest BCUT2D eigenvalue weighted by atomic mass is 32.2. The van der Waals surface area contributed by atoms with Crippen LogP contribution in [0.15, 0.2) is 18.5 Å². The van der Waals surface area contributed by atoms with E-state index in [0.29, 0.717) is 11.7 Å². The summed E-state index contributed by atoms with van der Waals surface area (Å²) in [5.74, 6) is 0.447. The number of pyridine rings is 1. The molecule has 5 N–H and O–H groups in total. The number of aromatic amines is 1. The Labute approximate surface area is 136 Å². The summed E-state index contributed by atoms with van der Waals surface area (Å²) in [5.41, 5.74) is 8.44. The molecule has 1 aliphatic rings. The van der Waals surface area contributed by atoms with Crippen molar-refractivity contribution in [3.8, 4) is 0 Å². The Morgan fingerprint density at radius 1 is 1.35 bits per heavy atom. The Morgan fingerprint density at radius 2 is 2.09 bits per heavy atom. The predicted molar refractivity (Wildman–Crippen MR) is 92.7 cm³/mol. The summed E-state index contributed by atoms with van der Waals surface area (Å²) in [4.78, 5) is 7.35. The first-order chi connectivity index (χ1) is 11.0. The van der Waals surface area contributed by atoms with Crippen molar-refractivity contribution in [3.63, 3.8) is 0 Å². The van der Waals surface area contributed by atoms with Crippen LogP contribution in [0.5, 0.6) is 0 Å². The topological polar surface area (TPSA) is 113 Å². The summed E-state index contributed by atoms with van der Waals surface area (Å²) >= 11 is 0. The molecular formula is C15H23N5O2S. The first-order valence-corrected chi connectivity index (χ1v) is 9.53. The van der Waals surface area contributed by atoms with E-state index in [0.717, 1.165) is 42.4 Å². The first kappa shape index (κ1) is 16.1. The van der Waals surface area contributed by atoms with Gasteiger partial charge in [-0.2, -0.15) is 0 Å². The second kappa shape index (κ2) is 6.37. The summed E-state index contributed by atoms with van der Waals surface area (Å²) in [6.07, 6.45) is 7.20. The molecule has 0 saturated heterocycles. The van der Waals surface area contributed by atoms with E-state index < -0.39 is 10.0 Å². The molecule has 1 saturated carbocycles. The zero-order valence-corrected chi connectivity index (χ0v) is 14.0. The van der Waals surface area contributed by atoms with E-state index in [2.05, 4.69) is 20.0 Å². The Kier molecular flexibility index (Phi) is 4.45. The van der Waals surface area contributed by atoms with Crippen LogP contribution in [0.3, 0.4) is 0 Å². The van der Waals surface area contributed by atoms with Crippen molar-refractivity contribution >= 4 is 32.4 Å². The number of sulfonamides is 1. The van der Waals surface area contributed by atoms with Crippen molar-refractivity contribution in [1.82, 2.24) is 14.7 Å². The van der Waals surface area contributed by atoms with Crippen molar-refractivity contribution in [1.29, 1.82) is 0 Å². The van der Waals surface area contributed by atoms with E-state index in [1.807, 2.05) is 12.3 Å². The van der Waals surface area contributed by atoms with Gasteiger partial charge in [-0.1, -0.05) is 0 Å². The number of anilines is 2. The number of hydrogen-bond acceptors (Lipinski definition) is 5. The predicted octanol–water partition coefficient (Wildman–Crippen LogP) is 1.66.